The van der Waals surface area contributed by atoms with Crippen LogP contribution in [0.25, 0.3) is 0 Å². The van der Waals surface area contributed by atoms with Crippen LogP contribution in [0.4, 0.5) is 18.9 Å². The predicted molar refractivity (Wildman–Crippen MR) is 165 cm³/mol. The van der Waals surface area contributed by atoms with E-state index in [1.54, 1.807) is 50.2 Å². The lowest BCUT2D eigenvalue weighted by atomic mass is 10.1. The van der Waals surface area contributed by atoms with Crippen LogP contribution in [0, 0.1) is 6.92 Å². The SMILES string of the molecule is CC[C@H](C(=O)NC1CCCC1)N(Cc1ccc(OC)cc1)C(=O)CN(c1cccc(C(F)(F)F)c1)S(=O)(=O)c1ccc(C)cc1. The summed E-state index contributed by atoms with van der Waals surface area (Å²) in [6.07, 6.45) is -0.891. The third-order valence-electron chi connectivity index (χ3n) is 7.95. The normalized spacial score (nSPS) is 14.5. The number of methoxy groups -OCH3 is 1. The standard InChI is InChI=1S/C33H38F3N3O5S/c1-4-30(32(41)37-26-9-5-6-10-26)38(21-24-14-16-28(44-3)17-15-24)31(40)22-39(27-11-7-8-25(20-27)33(34,35)36)45(42,43)29-18-12-23(2)13-19-29/h7-8,11-20,26,30H,4-6,9-10,21-22H2,1-3H3,(H,37,41)/t30-/m1/s1. The molecule has 242 valence electrons. The van der Waals surface area contributed by atoms with Crippen molar-refractivity contribution < 1.29 is 35.9 Å². The number of carbonyl (C=O) groups excluding carboxylic acids is 2. The Labute approximate surface area is 262 Å². The Morgan fingerprint density at radius 1 is 1.00 bits per heavy atom. The number of amides is 2. The number of alkyl halides is 3. The van der Waals surface area contributed by atoms with Crippen molar-refractivity contribution in [1.29, 1.82) is 0 Å². The van der Waals surface area contributed by atoms with Crippen LogP contribution in [-0.4, -0.2) is 50.9 Å². The first-order chi connectivity index (χ1) is 21.3. The smallest absolute Gasteiger partial charge is 0.416 e. The summed E-state index contributed by atoms with van der Waals surface area (Å²) < 4.78 is 74.9. The van der Waals surface area contributed by atoms with Crippen LogP contribution in [0.3, 0.4) is 0 Å². The monoisotopic (exact) mass is 645 g/mol. The summed E-state index contributed by atoms with van der Waals surface area (Å²) in [5.41, 5.74) is 0.0456. The fourth-order valence-corrected chi connectivity index (χ4v) is 6.82. The van der Waals surface area contributed by atoms with Crippen LogP contribution < -0.4 is 14.4 Å². The van der Waals surface area contributed by atoms with Gasteiger partial charge in [0, 0.05) is 12.6 Å². The first-order valence-corrected chi connectivity index (χ1v) is 16.3. The minimum Gasteiger partial charge on any atom is -0.497 e. The zero-order valence-electron chi connectivity index (χ0n) is 25.5. The quantitative estimate of drug-likeness (QED) is 0.258. The van der Waals surface area contributed by atoms with Gasteiger partial charge in [0.2, 0.25) is 11.8 Å². The lowest BCUT2D eigenvalue weighted by molar-refractivity contribution is -0.140. The van der Waals surface area contributed by atoms with Crippen molar-refractivity contribution in [3.8, 4) is 5.75 Å². The topological polar surface area (TPSA) is 96.0 Å². The summed E-state index contributed by atoms with van der Waals surface area (Å²) >= 11 is 0. The molecule has 1 fully saturated rings. The second kappa shape index (κ2) is 14.4. The number of hydrogen-bond donors (Lipinski definition) is 1. The minimum absolute atomic E-state index is 0.0204. The van der Waals surface area contributed by atoms with Gasteiger partial charge in [0.15, 0.2) is 0 Å². The highest BCUT2D eigenvalue weighted by molar-refractivity contribution is 7.92. The average Bonchev–Trinajstić information content (AvgIpc) is 3.52. The van der Waals surface area contributed by atoms with Gasteiger partial charge in [0.25, 0.3) is 10.0 Å². The fraction of sp³-hybridized carbons (Fsp3) is 0.394. The first-order valence-electron chi connectivity index (χ1n) is 14.8. The van der Waals surface area contributed by atoms with Crippen molar-refractivity contribution in [3.63, 3.8) is 0 Å². The molecule has 0 saturated heterocycles. The Bertz CT molecular complexity index is 1570. The maximum absolute atomic E-state index is 14.2. The summed E-state index contributed by atoms with van der Waals surface area (Å²) in [6, 6.07) is 15.6. The van der Waals surface area contributed by atoms with Crippen LogP contribution >= 0.6 is 0 Å². The molecule has 1 saturated carbocycles. The van der Waals surface area contributed by atoms with Crippen molar-refractivity contribution in [2.75, 3.05) is 18.0 Å². The highest BCUT2D eigenvalue weighted by Gasteiger charge is 2.36. The molecule has 45 heavy (non-hydrogen) atoms. The van der Waals surface area contributed by atoms with Gasteiger partial charge in [-0.2, -0.15) is 13.2 Å². The number of nitrogens with zero attached hydrogens (tertiary/aromatic N) is 2. The molecule has 2 amide bonds. The van der Waals surface area contributed by atoms with Crippen LogP contribution in [0.15, 0.2) is 77.7 Å². The third-order valence-corrected chi connectivity index (χ3v) is 9.74. The van der Waals surface area contributed by atoms with E-state index < -0.39 is 40.3 Å². The summed E-state index contributed by atoms with van der Waals surface area (Å²) in [4.78, 5) is 28.9. The average molecular weight is 646 g/mol. The lowest BCUT2D eigenvalue weighted by Gasteiger charge is -2.34. The number of anilines is 1. The van der Waals surface area contributed by atoms with E-state index in [4.69, 9.17) is 4.74 Å². The molecule has 0 unspecified atom stereocenters. The van der Waals surface area contributed by atoms with Gasteiger partial charge < -0.3 is 15.0 Å². The molecule has 8 nitrogen and oxygen atoms in total. The Hall–Kier alpha value is -4.06. The van der Waals surface area contributed by atoms with Gasteiger partial charge in [-0.15, -0.1) is 0 Å². The van der Waals surface area contributed by atoms with Gasteiger partial charge in [0.05, 0.1) is 23.3 Å². The van der Waals surface area contributed by atoms with Crippen LogP contribution in [0.5, 0.6) is 5.75 Å². The summed E-state index contributed by atoms with van der Waals surface area (Å²) in [5.74, 6) is -0.520. The molecule has 0 heterocycles. The van der Waals surface area contributed by atoms with E-state index in [9.17, 15) is 31.2 Å². The molecule has 1 N–H and O–H groups in total. The molecule has 3 aromatic rings. The number of halogens is 3. The maximum atomic E-state index is 14.2. The molecule has 0 aromatic heterocycles. The van der Waals surface area contributed by atoms with Crippen molar-refractivity contribution >= 4 is 27.5 Å². The molecule has 12 heteroatoms. The Kier molecular flexibility index (Phi) is 10.8. The lowest BCUT2D eigenvalue weighted by Crippen LogP contribution is -2.53. The fourth-order valence-electron chi connectivity index (χ4n) is 5.42. The number of nitrogens with one attached hydrogen (secondary N) is 1. The zero-order valence-corrected chi connectivity index (χ0v) is 26.3. The molecule has 0 bridgehead atoms. The Morgan fingerprint density at radius 2 is 1.64 bits per heavy atom. The van der Waals surface area contributed by atoms with Gasteiger partial charge in [-0.1, -0.05) is 55.7 Å². The van der Waals surface area contributed by atoms with Gasteiger partial charge in [-0.05, 0) is 74.2 Å². The van der Waals surface area contributed by atoms with Crippen molar-refractivity contribution in [3.05, 3.63) is 89.5 Å². The highest BCUT2D eigenvalue weighted by atomic mass is 32.2. The van der Waals surface area contributed by atoms with Crippen LogP contribution in [-0.2, 0) is 32.3 Å². The van der Waals surface area contributed by atoms with Gasteiger partial charge in [-0.25, -0.2) is 8.42 Å². The number of aryl methyl sites for hydroxylation is 1. The van der Waals surface area contributed by atoms with E-state index in [1.165, 1.54) is 30.2 Å². The molecule has 1 atom stereocenters. The number of hydrogen-bond acceptors (Lipinski definition) is 5. The second-order valence-corrected chi connectivity index (χ2v) is 13.0. The molecule has 1 aliphatic rings. The third kappa shape index (κ3) is 8.36. The van der Waals surface area contributed by atoms with E-state index in [-0.39, 0.29) is 35.5 Å². The second-order valence-electron chi connectivity index (χ2n) is 11.2. The van der Waals surface area contributed by atoms with Crippen LogP contribution in [0.1, 0.15) is 55.7 Å². The van der Waals surface area contributed by atoms with E-state index in [2.05, 4.69) is 5.32 Å². The summed E-state index contributed by atoms with van der Waals surface area (Å²) in [7, 11) is -3.00. The Balaban J connectivity index is 1.75. The molecule has 0 aliphatic heterocycles. The van der Waals surface area contributed by atoms with Gasteiger partial charge >= 0.3 is 6.18 Å². The number of carbonyl (C=O) groups is 2. The minimum atomic E-state index is -4.74. The van der Waals surface area contributed by atoms with Crippen molar-refractivity contribution in [1.82, 2.24) is 10.2 Å². The van der Waals surface area contributed by atoms with Crippen molar-refractivity contribution in [2.45, 2.75) is 75.7 Å². The maximum Gasteiger partial charge on any atom is 0.416 e. The number of benzene rings is 3. The highest BCUT2D eigenvalue weighted by Crippen LogP contribution is 2.33. The molecule has 0 spiro atoms. The Morgan fingerprint density at radius 3 is 2.22 bits per heavy atom. The van der Waals surface area contributed by atoms with Gasteiger partial charge in [0.1, 0.15) is 18.3 Å². The molecular formula is C33H38F3N3O5S. The number of rotatable bonds is 12. The van der Waals surface area contributed by atoms with Gasteiger partial charge in [-0.3, -0.25) is 13.9 Å². The molecule has 0 radical (unpaired) electrons. The van der Waals surface area contributed by atoms with E-state index >= 15 is 0 Å². The molecular weight excluding hydrogens is 607 g/mol. The molecule has 1 aliphatic carbocycles. The number of ether oxygens (including phenoxy) is 1. The van der Waals surface area contributed by atoms with E-state index in [0.717, 1.165) is 43.4 Å². The van der Waals surface area contributed by atoms with E-state index in [1.807, 2.05) is 0 Å². The molecule has 3 aromatic carbocycles. The van der Waals surface area contributed by atoms with Crippen molar-refractivity contribution in [2.24, 2.45) is 0 Å². The first kappa shape index (κ1) is 33.8. The summed E-state index contributed by atoms with van der Waals surface area (Å²) in [6.45, 7) is 2.64. The van der Waals surface area contributed by atoms with Crippen LogP contribution in [0.2, 0.25) is 0 Å². The number of sulfonamides is 1. The zero-order chi connectivity index (χ0) is 32.8. The molecule has 4 rings (SSSR count). The summed E-state index contributed by atoms with van der Waals surface area (Å²) in [5, 5.41) is 3.03. The van der Waals surface area contributed by atoms with E-state index in [0.29, 0.717) is 21.7 Å². The predicted octanol–water partition coefficient (Wildman–Crippen LogP) is 6.08. The largest absolute Gasteiger partial charge is 0.497 e.